The van der Waals surface area contributed by atoms with Gasteiger partial charge < -0.3 is 10.3 Å². The highest BCUT2D eigenvalue weighted by molar-refractivity contribution is 8.00. The predicted molar refractivity (Wildman–Crippen MR) is 69.7 cm³/mol. The van der Waals surface area contributed by atoms with Crippen molar-refractivity contribution in [2.75, 3.05) is 5.75 Å². The van der Waals surface area contributed by atoms with E-state index in [9.17, 15) is 13.6 Å². The summed E-state index contributed by atoms with van der Waals surface area (Å²) < 4.78 is 26.0. The lowest BCUT2D eigenvalue weighted by atomic mass is 10.3. The fourth-order valence-corrected chi connectivity index (χ4v) is 2.21. The molecule has 0 spiro atoms. The number of halogens is 2. The maximum atomic E-state index is 13.3. The summed E-state index contributed by atoms with van der Waals surface area (Å²) >= 11 is 1.04. The van der Waals surface area contributed by atoms with E-state index in [2.05, 4.69) is 10.3 Å². The maximum Gasteiger partial charge on any atom is 0.230 e. The van der Waals surface area contributed by atoms with E-state index < -0.39 is 11.6 Å². The van der Waals surface area contributed by atoms with Gasteiger partial charge in [0.25, 0.3) is 0 Å². The Morgan fingerprint density at radius 1 is 1.32 bits per heavy atom. The summed E-state index contributed by atoms with van der Waals surface area (Å²) in [5.74, 6) is -1.38. The molecule has 1 heterocycles. The van der Waals surface area contributed by atoms with Gasteiger partial charge in [0.2, 0.25) is 5.91 Å². The van der Waals surface area contributed by atoms with E-state index in [-0.39, 0.29) is 16.6 Å². The standard InChI is InChI=1S/C13H12F2N2OS/c14-10-1-2-12(11(15)5-10)19-8-13(18)17-7-9-3-4-16-6-9/h1-6,16H,7-8H2,(H,17,18). The Labute approximate surface area is 113 Å². The Balaban J connectivity index is 1.80. The highest BCUT2D eigenvalue weighted by Gasteiger charge is 2.07. The lowest BCUT2D eigenvalue weighted by molar-refractivity contribution is -0.118. The van der Waals surface area contributed by atoms with Gasteiger partial charge in [0.1, 0.15) is 11.6 Å². The molecule has 0 saturated heterocycles. The Bertz CT molecular complexity index is 558. The number of nitrogens with one attached hydrogen (secondary N) is 2. The molecular weight excluding hydrogens is 270 g/mol. The van der Waals surface area contributed by atoms with E-state index in [1.165, 1.54) is 12.1 Å². The van der Waals surface area contributed by atoms with Crippen LogP contribution in [0.3, 0.4) is 0 Å². The van der Waals surface area contributed by atoms with Crippen LogP contribution in [0.4, 0.5) is 8.78 Å². The minimum Gasteiger partial charge on any atom is -0.367 e. The lowest BCUT2D eigenvalue weighted by Crippen LogP contribution is -2.24. The third kappa shape index (κ3) is 4.10. The summed E-state index contributed by atoms with van der Waals surface area (Å²) in [6, 6.07) is 5.16. The molecule has 19 heavy (non-hydrogen) atoms. The molecule has 0 saturated carbocycles. The molecule has 2 aromatic rings. The van der Waals surface area contributed by atoms with Crippen molar-refractivity contribution in [1.82, 2.24) is 10.3 Å². The minimum absolute atomic E-state index is 0.0903. The zero-order valence-corrected chi connectivity index (χ0v) is 10.8. The van der Waals surface area contributed by atoms with Crippen molar-refractivity contribution in [3.63, 3.8) is 0 Å². The maximum absolute atomic E-state index is 13.3. The molecule has 0 radical (unpaired) electrons. The molecule has 1 amide bonds. The first-order chi connectivity index (χ1) is 9.15. The number of hydrogen-bond donors (Lipinski definition) is 2. The molecule has 1 aromatic heterocycles. The number of thioether (sulfide) groups is 1. The second-order valence-corrected chi connectivity index (χ2v) is 4.88. The van der Waals surface area contributed by atoms with Crippen LogP contribution in [0.15, 0.2) is 41.6 Å². The molecule has 0 unspecified atom stereocenters. The van der Waals surface area contributed by atoms with Crippen LogP contribution in [0.5, 0.6) is 0 Å². The summed E-state index contributed by atoms with van der Waals surface area (Å²) in [6.45, 7) is 0.425. The fraction of sp³-hybridized carbons (Fsp3) is 0.154. The van der Waals surface area contributed by atoms with Gasteiger partial charge in [-0.05, 0) is 23.8 Å². The Morgan fingerprint density at radius 3 is 2.84 bits per heavy atom. The number of aromatic nitrogens is 1. The van der Waals surface area contributed by atoms with Crippen molar-refractivity contribution in [3.8, 4) is 0 Å². The molecular formula is C13H12F2N2OS. The monoisotopic (exact) mass is 282 g/mol. The first kappa shape index (κ1) is 13.6. The molecule has 0 aliphatic heterocycles. The Hall–Kier alpha value is -1.82. The first-order valence-electron chi connectivity index (χ1n) is 5.61. The SMILES string of the molecule is O=C(CSc1ccc(F)cc1F)NCc1cc[nH]c1. The van der Waals surface area contributed by atoms with Gasteiger partial charge in [-0.2, -0.15) is 0 Å². The van der Waals surface area contributed by atoms with E-state index in [4.69, 9.17) is 0 Å². The number of hydrogen-bond acceptors (Lipinski definition) is 2. The number of aromatic amines is 1. The van der Waals surface area contributed by atoms with Crippen LogP contribution < -0.4 is 5.32 Å². The molecule has 1 aromatic carbocycles. The van der Waals surface area contributed by atoms with Crippen LogP contribution in [0, 0.1) is 11.6 Å². The highest BCUT2D eigenvalue weighted by Crippen LogP contribution is 2.21. The van der Waals surface area contributed by atoms with Crippen LogP contribution in [0.1, 0.15) is 5.56 Å². The zero-order chi connectivity index (χ0) is 13.7. The zero-order valence-electron chi connectivity index (χ0n) is 9.95. The van der Waals surface area contributed by atoms with Crippen LogP contribution in [0.25, 0.3) is 0 Å². The van der Waals surface area contributed by atoms with Gasteiger partial charge >= 0.3 is 0 Å². The molecule has 0 fully saturated rings. The molecule has 2 N–H and O–H groups in total. The molecule has 2 rings (SSSR count). The summed E-state index contributed by atoms with van der Waals surface area (Å²) in [7, 11) is 0. The third-order valence-corrected chi connectivity index (χ3v) is 3.45. The number of rotatable bonds is 5. The van der Waals surface area contributed by atoms with Crippen molar-refractivity contribution in [1.29, 1.82) is 0 Å². The van der Waals surface area contributed by atoms with Gasteiger partial charge in [0.05, 0.1) is 5.75 Å². The topological polar surface area (TPSA) is 44.9 Å². The van der Waals surface area contributed by atoms with E-state index in [1.54, 1.807) is 12.4 Å². The molecule has 0 aliphatic rings. The van der Waals surface area contributed by atoms with Crippen LogP contribution in [-0.2, 0) is 11.3 Å². The summed E-state index contributed by atoms with van der Waals surface area (Å²) in [6.07, 6.45) is 3.55. The smallest absolute Gasteiger partial charge is 0.230 e. The van der Waals surface area contributed by atoms with Crippen LogP contribution in [0.2, 0.25) is 0 Å². The molecule has 0 aliphatic carbocycles. The number of H-pyrrole nitrogens is 1. The predicted octanol–water partition coefficient (Wildman–Crippen LogP) is 2.70. The van der Waals surface area contributed by atoms with Crippen molar-refractivity contribution >= 4 is 17.7 Å². The minimum atomic E-state index is -0.650. The average Bonchev–Trinajstić information content (AvgIpc) is 2.88. The summed E-state index contributed by atoms with van der Waals surface area (Å²) in [4.78, 5) is 14.7. The molecule has 0 bridgehead atoms. The lowest BCUT2D eigenvalue weighted by Gasteiger charge is -2.05. The second kappa shape index (κ2) is 6.38. The first-order valence-corrected chi connectivity index (χ1v) is 6.60. The summed E-state index contributed by atoms with van der Waals surface area (Å²) in [5.41, 5.74) is 0.964. The van der Waals surface area contributed by atoms with Gasteiger partial charge in [-0.3, -0.25) is 4.79 Å². The quantitative estimate of drug-likeness (QED) is 0.828. The highest BCUT2D eigenvalue weighted by atomic mass is 32.2. The van der Waals surface area contributed by atoms with Gasteiger partial charge in [-0.15, -0.1) is 11.8 Å². The largest absolute Gasteiger partial charge is 0.367 e. The van der Waals surface area contributed by atoms with Gasteiger partial charge in [-0.1, -0.05) is 0 Å². The van der Waals surface area contributed by atoms with Gasteiger partial charge in [0.15, 0.2) is 0 Å². The van der Waals surface area contributed by atoms with Crippen LogP contribution >= 0.6 is 11.8 Å². The third-order valence-electron chi connectivity index (χ3n) is 2.40. The molecule has 0 atom stereocenters. The normalized spacial score (nSPS) is 10.4. The number of amides is 1. The molecule has 100 valence electrons. The average molecular weight is 282 g/mol. The van der Waals surface area contributed by atoms with E-state index in [1.807, 2.05) is 6.07 Å². The van der Waals surface area contributed by atoms with E-state index in [0.717, 1.165) is 23.4 Å². The number of carbonyl (C=O) groups excluding carboxylic acids is 1. The second-order valence-electron chi connectivity index (χ2n) is 3.86. The van der Waals surface area contributed by atoms with Crippen LogP contribution in [-0.4, -0.2) is 16.6 Å². The van der Waals surface area contributed by atoms with Crippen molar-refractivity contribution in [2.24, 2.45) is 0 Å². The Kier molecular flexibility index (Phi) is 4.57. The van der Waals surface area contributed by atoms with Crippen molar-refractivity contribution in [2.45, 2.75) is 11.4 Å². The van der Waals surface area contributed by atoms with Crippen molar-refractivity contribution < 1.29 is 13.6 Å². The number of carbonyl (C=O) groups is 1. The van der Waals surface area contributed by atoms with E-state index in [0.29, 0.717) is 6.54 Å². The molecule has 6 heteroatoms. The molecule has 3 nitrogen and oxygen atoms in total. The summed E-state index contributed by atoms with van der Waals surface area (Å²) in [5, 5.41) is 2.71. The van der Waals surface area contributed by atoms with Gasteiger partial charge in [-0.25, -0.2) is 8.78 Å². The van der Waals surface area contributed by atoms with E-state index >= 15 is 0 Å². The fourth-order valence-electron chi connectivity index (χ4n) is 1.46. The van der Waals surface area contributed by atoms with Gasteiger partial charge in [0, 0.05) is 29.9 Å². The number of benzene rings is 1. The Morgan fingerprint density at radius 2 is 2.16 bits per heavy atom. The van der Waals surface area contributed by atoms with Crippen molar-refractivity contribution in [3.05, 3.63) is 53.9 Å².